The molecule has 2 aromatic carbocycles. The van der Waals surface area contributed by atoms with E-state index in [1.807, 2.05) is 42.2 Å². The third-order valence-electron chi connectivity index (χ3n) is 5.25. The zero-order valence-corrected chi connectivity index (χ0v) is 17.7. The number of hydrogen-bond acceptors (Lipinski definition) is 5. The van der Waals surface area contributed by atoms with E-state index >= 15 is 0 Å². The number of amides is 1. The van der Waals surface area contributed by atoms with Crippen LogP contribution >= 0.6 is 11.6 Å². The summed E-state index contributed by atoms with van der Waals surface area (Å²) in [6, 6.07) is 16.7. The summed E-state index contributed by atoms with van der Waals surface area (Å²) in [5, 5.41) is 0.651. The van der Waals surface area contributed by atoms with Crippen LogP contribution in [0.3, 0.4) is 0 Å². The number of aromatic nitrogens is 2. The summed E-state index contributed by atoms with van der Waals surface area (Å²) < 4.78 is 5.82. The summed E-state index contributed by atoms with van der Waals surface area (Å²) in [5.41, 5.74) is 1.76. The van der Waals surface area contributed by atoms with E-state index in [1.54, 1.807) is 24.3 Å². The fourth-order valence-electron chi connectivity index (χ4n) is 3.62. The minimum Gasteiger partial charge on any atom is -0.439 e. The predicted octanol–water partition coefficient (Wildman–Crippen LogP) is 4.58. The molecule has 1 aliphatic rings. The molecule has 1 amide bonds. The molecule has 1 saturated heterocycles. The van der Waals surface area contributed by atoms with Gasteiger partial charge in [-0.3, -0.25) is 4.79 Å². The number of anilines is 1. The number of piperazine rings is 1. The molecule has 0 bridgehead atoms. The van der Waals surface area contributed by atoms with Crippen LogP contribution in [-0.4, -0.2) is 46.5 Å². The highest BCUT2D eigenvalue weighted by atomic mass is 35.5. The molecule has 7 heteroatoms. The lowest BCUT2D eigenvalue weighted by molar-refractivity contribution is 0.0673. The Morgan fingerprint density at radius 3 is 2.60 bits per heavy atom. The van der Waals surface area contributed by atoms with Gasteiger partial charge in [0.05, 0.1) is 0 Å². The van der Waals surface area contributed by atoms with E-state index in [1.165, 1.54) is 6.33 Å². The van der Waals surface area contributed by atoms with Gasteiger partial charge in [-0.15, -0.1) is 0 Å². The van der Waals surface area contributed by atoms with E-state index in [-0.39, 0.29) is 11.9 Å². The Hall–Kier alpha value is -3.12. The van der Waals surface area contributed by atoms with Gasteiger partial charge in [0.15, 0.2) is 0 Å². The lowest BCUT2D eigenvalue weighted by Crippen LogP contribution is -2.54. The second-order valence-electron chi connectivity index (χ2n) is 7.38. The molecule has 1 fully saturated rings. The third-order valence-corrected chi connectivity index (χ3v) is 5.50. The van der Waals surface area contributed by atoms with Crippen molar-refractivity contribution in [1.29, 1.82) is 0 Å². The third kappa shape index (κ3) is 4.39. The molecule has 30 heavy (non-hydrogen) atoms. The first-order valence-electron chi connectivity index (χ1n) is 9.88. The quantitative estimate of drug-likeness (QED) is 0.615. The molecule has 0 radical (unpaired) electrons. The van der Waals surface area contributed by atoms with Crippen LogP contribution in [0, 0.1) is 6.92 Å². The number of benzene rings is 2. The minimum atomic E-state index is 0.0569. The van der Waals surface area contributed by atoms with Crippen molar-refractivity contribution in [3.8, 4) is 11.6 Å². The Labute approximate surface area is 181 Å². The van der Waals surface area contributed by atoms with Gasteiger partial charge >= 0.3 is 0 Å². The molecule has 6 nitrogen and oxygen atoms in total. The Kier molecular flexibility index (Phi) is 5.86. The number of hydrogen-bond donors (Lipinski definition) is 0. The van der Waals surface area contributed by atoms with Crippen molar-refractivity contribution >= 4 is 23.3 Å². The molecule has 0 aliphatic carbocycles. The second-order valence-corrected chi connectivity index (χ2v) is 7.82. The maximum absolute atomic E-state index is 13.0. The lowest BCUT2D eigenvalue weighted by atomic mass is 10.1. The predicted molar refractivity (Wildman–Crippen MR) is 117 cm³/mol. The fraction of sp³-hybridized carbons (Fsp3) is 0.261. The molecule has 4 rings (SSSR count). The first kappa shape index (κ1) is 20.2. The topological polar surface area (TPSA) is 58.6 Å². The number of aryl methyl sites for hydroxylation is 1. The van der Waals surface area contributed by atoms with E-state index in [2.05, 4.69) is 21.8 Å². The van der Waals surface area contributed by atoms with Gasteiger partial charge in [0.2, 0.25) is 5.88 Å². The molecule has 1 atom stereocenters. The molecule has 154 valence electrons. The smallest absolute Gasteiger partial charge is 0.254 e. The van der Waals surface area contributed by atoms with Crippen molar-refractivity contribution < 1.29 is 9.53 Å². The van der Waals surface area contributed by atoms with Crippen LogP contribution in [0.4, 0.5) is 5.82 Å². The van der Waals surface area contributed by atoms with Gasteiger partial charge in [-0.05, 0) is 49.7 Å². The van der Waals surface area contributed by atoms with Crippen molar-refractivity contribution in [2.24, 2.45) is 0 Å². The van der Waals surface area contributed by atoms with Crippen LogP contribution in [0.25, 0.3) is 0 Å². The second kappa shape index (κ2) is 8.71. The number of carbonyl (C=O) groups is 1. The van der Waals surface area contributed by atoms with Gasteiger partial charge in [0.1, 0.15) is 17.9 Å². The van der Waals surface area contributed by atoms with Crippen LogP contribution in [0.5, 0.6) is 11.6 Å². The van der Waals surface area contributed by atoms with Gasteiger partial charge in [-0.25, -0.2) is 9.97 Å². The number of nitrogens with zero attached hydrogens (tertiary/aromatic N) is 4. The lowest BCUT2D eigenvalue weighted by Gasteiger charge is -2.40. The Balaban J connectivity index is 1.45. The van der Waals surface area contributed by atoms with E-state index < -0.39 is 0 Å². The summed E-state index contributed by atoms with van der Waals surface area (Å²) in [4.78, 5) is 25.7. The van der Waals surface area contributed by atoms with Crippen LogP contribution in [0.1, 0.15) is 22.8 Å². The maximum atomic E-state index is 13.0. The maximum Gasteiger partial charge on any atom is 0.254 e. The molecular formula is C23H23ClN4O2. The first-order valence-corrected chi connectivity index (χ1v) is 10.3. The van der Waals surface area contributed by atoms with Crippen molar-refractivity contribution in [2.75, 3.05) is 24.5 Å². The standard InChI is InChI=1S/C23H23ClN4O2/c1-16-5-3-4-6-20(16)23(29)28-12-11-27(14-17(28)2)21-13-22(26-15-25-21)30-19-9-7-18(24)8-10-19/h3-10,13,15,17H,11-12,14H2,1-2H3/t17-/m0/s1. The van der Waals surface area contributed by atoms with Crippen LogP contribution < -0.4 is 9.64 Å². The molecule has 3 aromatic rings. The monoisotopic (exact) mass is 422 g/mol. The first-order chi connectivity index (χ1) is 14.5. The molecule has 0 spiro atoms. The van der Waals surface area contributed by atoms with Gasteiger partial charge in [-0.2, -0.15) is 0 Å². The Morgan fingerprint density at radius 1 is 1.10 bits per heavy atom. The Morgan fingerprint density at radius 2 is 1.87 bits per heavy atom. The molecule has 1 aromatic heterocycles. The van der Waals surface area contributed by atoms with Crippen LogP contribution in [-0.2, 0) is 0 Å². The van der Waals surface area contributed by atoms with E-state index in [9.17, 15) is 4.79 Å². The normalized spacial score (nSPS) is 16.4. The van der Waals surface area contributed by atoms with E-state index in [0.717, 1.165) is 16.9 Å². The highest BCUT2D eigenvalue weighted by Crippen LogP contribution is 2.25. The number of carbonyl (C=O) groups excluding carboxylic acids is 1. The van der Waals surface area contributed by atoms with Crippen LogP contribution in [0.2, 0.25) is 5.02 Å². The average Bonchev–Trinajstić information content (AvgIpc) is 2.75. The largest absolute Gasteiger partial charge is 0.439 e. The fourth-order valence-corrected chi connectivity index (χ4v) is 3.74. The molecule has 0 saturated carbocycles. The average molecular weight is 423 g/mol. The Bertz CT molecular complexity index is 1040. The number of rotatable bonds is 4. The molecule has 0 unspecified atom stereocenters. The number of ether oxygens (including phenoxy) is 1. The van der Waals surface area contributed by atoms with Gasteiger partial charge < -0.3 is 14.5 Å². The van der Waals surface area contributed by atoms with Crippen molar-refractivity contribution in [1.82, 2.24) is 14.9 Å². The van der Waals surface area contributed by atoms with Gasteiger partial charge in [0.25, 0.3) is 5.91 Å². The number of halogens is 1. The van der Waals surface area contributed by atoms with Gasteiger partial charge in [0, 0.05) is 42.3 Å². The van der Waals surface area contributed by atoms with Crippen molar-refractivity contribution in [2.45, 2.75) is 19.9 Å². The van der Waals surface area contributed by atoms with E-state index in [4.69, 9.17) is 16.3 Å². The zero-order chi connectivity index (χ0) is 21.1. The SMILES string of the molecule is Cc1ccccc1C(=O)N1CCN(c2cc(Oc3ccc(Cl)cc3)ncn2)C[C@@H]1C. The highest BCUT2D eigenvalue weighted by molar-refractivity contribution is 6.30. The molecular weight excluding hydrogens is 400 g/mol. The van der Waals surface area contributed by atoms with Crippen LogP contribution in [0.15, 0.2) is 60.9 Å². The molecule has 2 heterocycles. The highest BCUT2D eigenvalue weighted by Gasteiger charge is 2.29. The molecule has 1 aliphatic heterocycles. The van der Waals surface area contributed by atoms with Gasteiger partial charge in [-0.1, -0.05) is 29.8 Å². The van der Waals surface area contributed by atoms with Crippen molar-refractivity contribution in [3.05, 3.63) is 77.1 Å². The summed E-state index contributed by atoms with van der Waals surface area (Å²) in [7, 11) is 0. The minimum absolute atomic E-state index is 0.0569. The molecule has 0 N–H and O–H groups in total. The van der Waals surface area contributed by atoms with Crippen molar-refractivity contribution in [3.63, 3.8) is 0 Å². The summed E-state index contributed by atoms with van der Waals surface area (Å²) in [5.74, 6) is 1.98. The summed E-state index contributed by atoms with van der Waals surface area (Å²) in [6.07, 6.45) is 1.50. The zero-order valence-electron chi connectivity index (χ0n) is 17.0. The summed E-state index contributed by atoms with van der Waals surface area (Å²) in [6.45, 7) is 6.05. The summed E-state index contributed by atoms with van der Waals surface area (Å²) >= 11 is 5.92. The van der Waals surface area contributed by atoms with E-state index in [0.29, 0.717) is 36.3 Å².